The number of hydrogen-bond acceptors (Lipinski definition) is 8. The summed E-state index contributed by atoms with van der Waals surface area (Å²) >= 11 is 0. The first-order valence-electron chi connectivity index (χ1n) is 14.3. The van der Waals surface area contributed by atoms with Crippen molar-refractivity contribution in [1.82, 2.24) is 0 Å². The number of amides is 3. The Hall–Kier alpha value is -6.56. The van der Waals surface area contributed by atoms with Crippen molar-refractivity contribution in [2.75, 3.05) is 32.6 Å². The van der Waals surface area contributed by atoms with Gasteiger partial charge in [-0.15, -0.1) is 0 Å². The third-order valence-electron chi connectivity index (χ3n) is 7.38. The van der Waals surface area contributed by atoms with E-state index in [1.165, 1.54) is 77.7 Å². The highest BCUT2D eigenvalue weighted by Gasteiger charge is 2.38. The van der Waals surface area contributed by atoms with Gasteiger partial charge in [0.05, 0.1) is 40.6 Å². The summed E-state index contributed by atoms with van der Waals surface area (Å²) in [4.78, 5) is 40.3. The van der Waals surface area contributed by atoms with Crippen LogP contribution in [0, 0.1) is 45.7 Å². The quantitative estimate of drug-likeness (QED) is 0.218. The predicted octanol–water partition coefficient (Wildman–Crippen LogP) is 4.48. The fourth-order valence-corrected chi connectivity index (χ4v) is 6.10. The van der Waals surface area contributed by atoms with Crippen molar-refractivity contribution in [3.63, 3.8) is 0 Å². The molecule has 0 aliphatic carbocycles. The van der Waals surface area contributed by atoms with E-state index in [9.17, 15) is 32.5 Å². The van der Waals surface area contributed by atoms with Crippen LogP contribution in [0.15, 0.2) is 84.9 Å². The zero-order valence-electron chi connectivity index (χ0n) is 24.9. The van der Waals surface area contributed by atoms with Crippen LogP contribution in [-0.2, 0) is 24.4 Å². The number of rotatable bonds is 9. The molecule has 1 unspecified atom stereocenters. The maximum atomic E-state index is 14.6. The number of sulfonamides is 1. The highest BCUT2D eigenvalue weighted by atomic mass is 32.2. The second-order valence-electron chi connectivity index (χ2n) is 10.6. The Kier molecular flexibility index (Phi) is 9.46. The summed E-state index contributed by atoms with van der Waals surface area (Å²) in [6, 6.07) is 25.4. The van der Waals surface area contributed by atoms with E-state index in [1.807, 2.05) is 18.2 Å². The lowest BCUT2D eigenvalue weighted by Gasteiger charge is -2.22. The van der Waals surface area contributed by atoms with Crippen LogP contribution in [0.1, 0.15) is 23.1 Å². The molecule has 3 amide bonds. The predicted molar refractivity (Wildman–Crippen MR) is 174 cm³/mol. The molecule has 4 aromatic carbocycles. The normalized spacial score (nSPS) is 13.9. The molecule has 0 spiro atoms. The van der Waals surface area contributed by atoms with Crippen LogP contribution in [-0.4, -0.2) is 38.4 Å². The number of hydrogen-bond donors (Lipinski definition) is 3. The van der Waals surface area contributed by atoms with E-state index >= 15 is 0 Å². The summed E-state index contributed by atoms with van der Waals surface area (Å²) in [5.74, 6) is -4.68. The first-order valence-corrected chi connectivity index (χ1v) is 15.9. The number of carbonyl (C=O) groups is 3. The minimum atomic E-state index is -4.27. The van der Waals surface area contributed by atoms with Crippen molar-refractivity contribution in [3.8, 4) is 29.3 Å². The fraction of sp³-hybridized carbons (Fsp3) is 0.118. The number of nitrogens with zero attached hydrogens (tertiary/aromatic N) is 4. The summed E-state index contributed by atoms with van der Waals surface area (Å²) in [6.45, 7) is 0.103. The summed E-state index contributed by atoms with van der Waals surface area (Å²) in [6.07, 6.45) is 0.146. The molecule has 3 N–H and O–H groups in total. The number of benzene rings is 4. The Morgan fingerprint density at radius 2 is 1.40 bits per heavy atom. The van der Waals surface area contributed by atoms with Crippen LogP contribution in [0.3, 0.4) is 0 Å². The molecule has 0 saturated carbocycles. The smallest absolute Gasteiger partial charge is 0.241 e. The van der Waals surface area contributed by atoms with Crippen LogP contribution in [0.4, 0.5) is 27.1 Å². The van der Waals surface area contributed by atoms with E-state index in [2.05, 4.69) is 15.4 Å². The SMILES string of the molecule is N#Cc1ccc(NC(=O)CS(=O)(=O)Nc2ccc(C#N)c(-c3cc(F)ccc3N3CCC(C(=O)Nc4ccc(C#N)cc4)C3=O)c2)cc1. The van der Waals surface area contributed by atoms with Gasteiger partial charge in [-0.1, -0.05) is 0 Å². The lowest BCUT2D eigenvalue weighted by atomic mass is 9.97. The van der Waals surface area contributed by atoms with E-state index < -0.39 is 45.2 Å². The fourth-order valence-electron chi connectivity index (χ4n) is 5.12. The van der Waals surface area contributed by atoms with Crippen LogP contribution in [0.5, 0.6) is 0 Å². The molecule has 48 heavy (non-hydrogen) atoms. The van der Waals surface area contributed by atoms with Gasteiger partial charge < -0.3 is 15.5 Å². The van der Waals surface area contributed by atoms with Crippen molar-refractivity contribution >= 4 is 50.5 Å². The Bertz CT molecular complexity index is 2170. The Labute approximate surface area is 274 Å². The van der Waals surface area contributed by atoms with E-state index in [4.69, 9.17) is 10.5 Å². The Morgan fingerprint density at radius 3 is 2.00 bits per heavy atom. The lowest BCUT2D eigenvalue weighted by Crippen LogP contribution is -2.33. The second-order valence-corrected chi connectivity index (χ2v) is 12.4. The summed E-state index contributed by atoms with van der Waals surface area (Å²) in [7, 11) is -4.27. The molecule has 5 rings (SSSR count). The third-order valence-corrected chi connectivity index (χ3v) is 8.56. The zero-order valence-corrected chi connectivity index (χ0v) is 25.7. The van der Waals surface area contributed by atoms with Crippen molar-refractivity contribution in [3.05, 3.63) is 107 Å². The molecule has 0 aromatic heterocycles. The minimum absolute atomic E-state index is 0.0298. The average molecular weight is 662 g/mol. The summed E-state index contributed by atoms with van der Waals surface area (Å²) in [5, 5.41) is 32.9. The number of anilines is 4. The van der Waals surface area contributed by atoms with Crippen molar-refractivity contribution in [2.45, 2.75) is 6.42 Å². The first-order chi connectivity index (χ1) is 23.0. The molecule has 238 valence electrons. The molecule has 0 bridgehead atoms. The van der Waals surface area contributed by atoms with Gasteiger partial charge in [-0.05, 0) is 91.3 Å². The molecule has 4 aromatic rings. The molecule has 12 nitrogen and oxygen atoms in total. The van der Waals surface area contributed by atoms with Crippen molar-refractivity contribution in [2.24, 2.45) is 5.92 Å². The maximum Gasteiger partial charge on any atom is 0.241 e. The topological polar surface area (TPSA) is 196 Å². The van der Waals surface area contributed by atoms with Gasteiger partial charge in [0.1, 0.15) is 17.5 Å². The summed E-state index contributed by atoms with van der Waals surface area (Å²) in [5.41, 5.74) is 1.88. The van der Waals surface area contributed by atoms with Crippen molar-refractivity contribution in [1.29, 1.82) is 15.8 Å². The van der Waals surface area contributed by atoms with Gasteiger partial charge in [-0.25, -0.2) is 12.8 Å². The highest BCUT2D eigenvalue weighted by Crippen LogP contribution is 2.38. The molecule has 0 radical (unpaired) electrons. The van der Waals surface area contributed by atoms with Gasteiger partial charge in [0.15, 0.2) is 0 Å². The maximum absolute atomic E-state index is 14.6. The van der Waals surface area contributed by atoms with E-state index in [0.717, 1.165) is 12.1 Å². The van der Waals surface area contributed by atoms with E-state index in [-0.39, 0.29) is 41.0 Å². The van der Waals surface area contributed by atoms with Gasteiger partial charge in [0, 0.05) is 34.7 Å². The lowest BCUT2D eigenvalue weighted by molar-refractivity contribution is -0.129. The molecule has 1 aliphatic heterocycles. The number of nitrogens with one attached hydrogen (secondary N) is 3. The van der Waals surface area contributed by atoms with Gasteiger partial charge in [-0.3, -0.25) is 19.1 Å². The van der Waals surface area contributed by atoms with Crippen LogP contribution in [0.2, 0.25) is 0 Å². The zero-order chi connectivity index (χ0) is 34.4. The van der Waals surface area contributed by atoms with Gasteiger partial charge in [0.25, 0.3) is 0 Å². The molecular weight excluding hydrogens is 637 g/mol. The average Bonchev–Trinajstić information content (AvgIpc) is 3.45. The number of nitriles is 3. The summed E-state index contributed by atoms with van der Waals surface area (Å²) < 4.78 is 42.7. The van der Waals surface area contributed by atoms with Crippen LogP contribution in [0.25, 0.3) is 11.1 Å². The monoisotopic (exact) mass is 661 g/mol. The third kappa shape index (κ3) is 7.45. The number of carbonyl (C=O) groups excluding carboxylic acids is 3. The Balaban J connectivity index is 1.36. The first kappa shape index (κ1) is 32.8. The molecule has 1 aliphatic rings. The molecule has 1 atom stereocenters. The van der Waals surface area contributed by atoms with Crippen molar-refractivity contribution < 1.29 is 27.2 Å². The van der Waals surface area contributed by atoms with Gasteiger partial charge in [0.2, 0.25) is 27.7 Å². The van der Waals surface area contributed by atoms with Crippen LogP contribution < -0.4 is 20.3 Å². The molecule has 1 fully saturated rings. The van der Waals surface area contributed by atoms with E-state index in [0.29, 0.717) is 22.5 Å². The Morgan fingerprint density at radius 1 is 0.792 bits per heavy atom. The molecule has 1 saturated heterocycles. The number of halogens is 1. The largest absolute Gasteiger partial charge is 0.325 e. The second kappa shape index (κ2) is 13.8. The minimum Gasteiger partial charge on any atom is -0.325 e. The molecule has 14 heteroatoms. The van der Waals surface area contributed by atoms with Crippen LogP contribution >= 0.6 is 0 Å². The van der Waals surface area contributed by atoms with Gasteiger partial charge >= 0.3 is 0 Å². The highest BCUT2D eigenvalue weighted by molar-refractivity contribution is 7.93. The standard InChI is InChI=1S/C34H24FN7O5S/c35-24-6-12-31(42-14-13-28(34(42)45)33(44)40-26-9-3-22(18-37)4-10-26)30(15-24)29-16-27(11-5-23(29)19-38)41-48(46,47)20-32(43)39-25-7-1-21(17-36)2-8-25/h1-12,15-16,28,41H,13-14,20H2,(H,39,43)(H,40,44). The molecule has 1 heterocycles. The van der Waals surface area contributed by atoms with Gasteiger partial charge in [-0.2, -0.15) is 15.8 Å². The van der Waals surface area contributed by atoms with E-state index in [1.54, 1.807) is 0 Å². The molecular formula is C34H24FN7O5S.